The Morgan fingerprint density at radius 2 is 1.90 bits per heavy atom. The van der Waals surface area contributed by atoms with Crippen LogP contribution in [-0.2, 0) is 6.42 Å². The number of nitriles is 2. The minimum Gasteiger partial charge on any atom is -0.406 e. The van der Waals surface area contributed by atoms with E-state index < -0.39 is 11.8 Å². The molecule has 0 amide bonds. The molecule has 0 heterocycles. The number of nitrogens with zero attached hydrogens (tertiary/aromatic N) is 2. The third-order valence-electron chi connectivity index (χ3n) is 3.41. The van der Waals surface area contributed by atoms with Gasteiger partial charge < -0.3 is 4.74 Å². The van der Waals surface area contributed by atoms with Crippen LogP contribution in [0.4, 0.5) is 13.2 Å². The smallest absolute Gasteiger partial charge is 0.406 e. The average molecular weight is 292 g/mol. The van der Waals surface area contributed by atoms with Crippen LogP contribution in [0.5, 0.6) is 5.75 Å². The first-order chi connectivity index (χ1) is 9.88. The largest absolute Gasteiger partial charge is 0.573 e. The molecule has 3 nitrogen and oxygen atoms in total. The zero-order chi connectivity index (χ0) is 15.5. The van der Waals surface area contributed by atoms with E-state index in [9.17, 15) is 23.7 Å². The highest BCUT2D eigenvalue weighted by Gasteiger charge is 2.40. The number of halogens is 3. The number of ether oxygens (including phenoxy) is 1. The summed E-state index contributed by atoms with van der Waals surface area (Å²) >= 11 is 0. The van der Waals surface area contributed by atoms with E-state index in [0.29, 0.717) is 12.0 Å². The topological polar surface area (TPSA) is 56.8 Å². The summed E-state index contributed by atoms with van der Waals surface area (Å²) in [6.45, 7) is 0. The van der Waals surface area contributed by atoms with E-state index in [1.807, 2.05) is 18.2 Å². The molecular formula is C15H11F3N2O. The molecule has 0 spiro atoms. The van der Waals surface area contributed by atoms with Gasteiger partial charge in [0.2, 0.25) is 0 Å². The molecule has 1 aliphatic carbocycles. The Bertz CT molecular complexity index is 624. The van der Waals surface area contributed by atoms with Crippen LogP contribution in [0.25, 0.3) is 0 Å². The summed E-state index contributed by atoms with van der Waals surface area (Å²) in [5.41, 5.74) is -0.800. The first kappa shape index (κ1) is 14.9. The summed E-state index contributed by atoms with van der Waals surface area (Å²) in [5.74, 6) is -0.548. The quantitative estimate of drug-likeness (QED) is 0.794. The summed E-state index contributed by atoms with van der Waals surface area (Å²) in [6, 6.07) is 9.39. The third-order valence-corrected chi connectivity index (χ3v) is 3.41. The van der Waals surface area contributed by atoms with E-state index >= 15 is 0 Å². The molecule has 1 aliphatic rings. The van der Waals surface area contributed by atoms with Gasteiger partial charge in [0.15, 0.2) is 5.41 Å². The fourth-order valence-corrected chi connectivity index (χ4v) is 2.21. The van der Waals surface area contributed by atoms with Gasteiger partial charge >= 0.3 is 6.36 Å². The van der Waals surface area contributed by atoms with Gasteiger partial charge in [-0.05, 0) is 24.1 Å². The number of hydrogen-bond donors (Lipinski definition) is 0. The molecule has 0 fully saturated rings. The highest BCUT2D eigenvalue weighted by atomic mass is 19.4. The van der Waals surface area contributed by atoms with Crippen molar-refractivity contribution in [2.75, 3.05) is 0 Å². The minimum atomic E-state index is -4.77. The van der Waals surface area contributed by atoms with Gasteiger partial charge in [0.25, 0.3) is 0 Å². The molecule has 0 saturated heterocycles. The zero-order valence-corrected chi connectivity index (χ0v) is 10.9. The lowest BCUT2D eigenvalue weighted by molar-refractivity contribution is -0.274. The second-order valence-corrected chi connectivity index (χ2v) is 4.84. The standard InChI is InChI=1S/C15H11F3N2O/c16-15(17,18)21-13-6-1-3-11(7-13)8-14(9-19,10-20)12-4-2-5-12/h1-4,6-7,12H,5,8H2. The lowest BCUT2D eigenvalue weighted by Crippen LogP contribution is -2.31. The molecule has 1 aromatic carbocycles. The van der Waals surface area contributed by atoms with Gasteiger partial charge in [0.1, 0.15) is 5.75 Å². The third kappa shape index (κ3) is 3.35. The van der Waals surface area contributed by atoms with Crippen molar-refractivity contribution in [3.05, 3.63) is 42.0 Å². The second kappa shape index (κ2) is 5.49. The molecule has 0 aliphatic heterocycles. The first-order valence-electron chi connectivity index (χ1n) is 6.22. The lowest BCUT2D eigenvalue weighted by Gasteiger charge is -2.30. The molecule has 2 rings (SSSR count). The molecular weight excluding hydrogens is 281 g/mol. The maximum Gasteiger partial charge on any atom is 0.573 e. The molecule has 1 unspecified atom stereocenters. The Morgan fingerprint density at radius 3 is 2.38 bits per heavy atom. The van der Waals surface area contributed by atoms with Crippen molar-refractivity contribution in [1.29, 1.82) is 10.5 Å². The number of alkyl halides is 3. The zero-order valence-electron chi connectivity index (χ0n) is 10.9. The Hall–Kier alpha value is -2.47. The van der Waals surface area contributed by atoms with Crippen molar-refractivity contribution >= 4 is 0 Å². The van der Waals surface area contributed by atoms with Crippen LogP contribution >= 0.6 is 0 Å². The van der Waals surface area contributed by atoms with E-state index in [1.165, 1.54) is 18.2 Å². The van der Waals surface area contributed by atoms with Crippen molar-refractivity contribution in [3.63, 3.8) is 0 Å². The van der Waals surface area contributed by atoms with E-state index in [0.717, 1.165) is 0 Å². The molecule has 0 aromatic heterocycles. The number of hydrogen-bond acceptors (Lipinski definition) is 3. The van der Waals surface area contributed by atoms with Gasteiger partial charge in [0, 0.05) is 12.3 Å². The van der Waals surface area contributed by atoms with Gasteiger partial charge in [-0.3, -0.25) is 0 Å². The van der Waals surface area contributed by atoms with E-state index in [4.69, 9.17) is 0 Å². The summed E-state index contributed by atoms with van der Waals surface area (Å²) in [6.07, 6.45) is -0.444. The first-order valence-corrected chi connectivity index (χ1v) is 6.22. The molecule has 0 bridgehead atoms. The highest BCUT2D eigenvalue weighted by molar-refractivity contribution is 5.34. The summed E-state index contributed by atoms with van der Waals surface area (Å²) in [4.78, 5) is 0. The maximum atomic E-state index is 12.2. The Kier molecular flexibility index (Phi) is 3.90. The fourth-order valence-electron chi connectivity index (χ4n) is 2.21. The van der Waals surface area contributed by atoms with Crippen molar-refractivity contribution in [2.45, 2.75) is 19.2 Å². The Balaban J connectivity index is 2.23. The monoisotopic (exact) mass is 292 g/mol. The van der Waals surface area contributed by atoms with E-state index in [2.05, 4.69) is 4.74 Å². The van der Waals surface area contributed by atoms with E-state index in [1.54, 1.807) is 12.1 Å². The lowest BCUT2D eigenvalue weighted by atomic mass is 9.68. The number of rotatable bonds is 4. The van der Waals surface area contributed by atoms with Gasteiger partial charge in [-0.1, -0.05) is 24.3 Å². The van der Waals surface area contributed by atoms with E-state index in [-0.39, 0.29) is 18.1 Å². The Labute approximate surface area is 119 Å². The Morgan fingerprint density at radius 1 is 1.24 bits per heavy atom. The van der Waals surface area contributed by atoms with Gasteiger partial charge in [0.05, 0.1) is 12.1 Å². The summed E-state index contributed by atoms with van der Waals surface area (Å²) < 4.78 is 40.4. The molecule has 0 N–H and O–H groups in total. The van der Waals surface area contributed by atoms with Gasteiger partial charge in [-0.25, -0.2) is 0 Å². The maximum absolute atomic E-state index is 12.2. The highest BCUT2D eigenvalue weighted by Crippen LogP contribution is 2.39. The molecule has 0 saturated carbocycles. The number of allylic oxidation sites excluding steroid dienone is 2. The molecule has 1 atom stereocenters. The molecule has 21 heavy (non-hydrogen) atoms. The van der Waals surface area contributed by atoms with Crippen molar-refractivity contribution in [1.82, 2.24) is 0 Å². The van der Waals surface area contributed by atoms with Crippen LogP contribution in [0, 0.1) is 34.0 Å². The predicted molar refractivity (Wildman–Crippen MR) is 67.7 cm³/mol. The number of benzene rings is 1. The van der Waals surface area contributed by atoms with Crippen LogP contribution in [0.3, 0.4) is 0 Å². The van der Waals surface area contributed by atoms with Crippen LogP contribution in [0.2, 0.25) is 0 Å². The summed E-state index contributed by atoms with van der Waals surface area (Å²) in [7, 11) is 0. The van der Waals surface area contributed by atoms with Crippen LogP contribution < -0.4 is 4.74 Å². The molecule has 108 valence electrons. The van der Waals surface area contributed by atoms with Crippen molar-refractivity contribution < 1.29 is 17.9 Å². The van der Waals surface area contributed by atoms with Crippen LogP contribution in [0.1, 0.15) is 12.0 Å². The molecule has 0 radical (unpaired) electrons. The van der Waals surface area contributed by atoms with Gasteiger partial charge in [-0.15, -0.1) is 13.2 Å². The normalized spacial score (nSPS) is 17.5. The van der Waals surface area contributed by atoms with Crippen LogP contribution in [-0.4, -0.2) is 6.36 Å². The predicted octanol–water partition coefficient (Wildman–Crippen LogP) is 3.74. The second-order valence-electron chi connectivity index (χ2n) is 4.84. The SMILES string of the molecule is N#CC(C#N)(Cc1cccc(OC(F)(F)F)c1)C1C=CC1. The van der Waals surface area contributed by atoms with Crippen LogP contribution in [0.15, 0.2) is 36.4 Å². The molecule has 1 aromatic rings. The fraction of sp³-hybridized carbons (Fsp3) is 0.333. The van der Waals surface area contributed by atoms with Crippen molar-refractivity contribution in [3.8, 4) is 17.9 Å². The summed E-state index contributed by atoms with van der Waals surface area (Å²) in [5, 5.41) is 18.6. The van der Waals surface area contributed by atoms with Crippen molar-refractivity contribution in [2.24, 2.45) is 11.3 Å². The molecule has 6 heteroatoms. The average Bonchev–Trinajstić information content (AvgIpc) is 2.34. The van der Waals surface area contributed by atoms with Gasteiger partial charge in [-0.2, -0.15) is 10.5 Å². The minimum absolute atomic E-state index is 0.0596.